The lowest BCUT2D eigenvalue weighted by atomic mass is 10.5. The Balaban J connectivity index is 2.00. The summed E-state index contributed by atoms with van der Waals surface area (Å²) in [7, 11) is 9.10. The third-order valence-corrected chi connectivity index (χ3v) is 3.18. The SMILES string of the molecule is CNc1nc(NCCN(C)c2nc(N)nc(NC)n2)nc(N(C)C)n1. The van der Waals surface area contributed by atoms with Crippen LogP contribution in [0.3, 0.4) is 0 Å². The summed E-state index contributed by atoms with van der Waals surface area (Å²) < 4.78 is 0. The van der Waals surface area contributed by atoms with E-state index in [1.54, 1.807) is 14.1 Å². The Kier molecular flexibility index (Phi) is 5.87. The monoisotopic (exact) mass is 348 g/mol. The summed E-state index contributed by atoms with van der Waals surface area (Å²) in [6, 6.07) is 0. The summed E-state index contributed by atoms with van der Waals surface area (Å²) in [5.41, 5.74) is 5.69. The molecule has 0 fully saturated rings. The molecule has 25 heavy (non-hydrogen) atoms. The molecule has 0 aliphatic rings. The number of hydrogen-bond acceptors (Lipinski definition) is 12. The molecule has 12 nitrogen and oxygen atoms in total. The molecular formula is C13H24N12. The van der Waals surface area contributed by atoms with Crippen molar-refractivity contribution < 1.29 is 0 Å². The Bertz CT molecular complexity index is 703. The van der Waals surface area contributed by atoms with Gasteiger partial charge in [-0.2, -0.15) is 29.9 Å². The molecule has 0 atom stereocenters. The van der Waals surface area contributed by atoms with Gasteiger partial charge in [-0.3, -0.25) is 0 Å². The molecule has 0 radical (unpaired) electrons. The van der Waals surface area contributed by atoms with Gasteiger partial charge in [-0.25, -0.2) is 0 Å². The molecule has 136 valence electrons. The maximum atomic E-state index is 5.69. The molecule has 2 heterocycles. The molecule has 0 aliphatic carbocycles. The Morgan fingerprint density at radius 3 is 2.04 bits per heavy atom. The van der Waals surface area contributed by atoms with E-state index < -0.39 is 0 Å². The van der Waals surface area contributed by atoms with E-state index in [4.69, 9.17) is 5.73 Å². The number of hydrogen-bond donors (Lipinski definition) is 4. The highest BCUT2D eigenvalue weighted by molar-refractivity contribution is 5.43. The van der Waals surface area contributed by atoms with Crippen molar-refractivity contribution in [2.24, 2.45) is 0 Å². The maximum Gasteiger partial charge on any atom is 0.231 e. The minimum absolute atomic E-state index is 0.168. The normalized spacial score (nSPS) is 10.3. The Morgan fingerprint density at radius 2 is 1.40 bits per heavy atom. The number of anilines is 6. The van der Waals surface area contributed by atoms with E-state index >= 15 is 0 Å². The van der Waals surface area contributed by atoms with Crippen LogP contribution in [0, 0.1) is 0 Å². The van der Waals surface area contributed by atoms with Gasteiger partial charge in [-0.15, -0.1) is 0 Å². The molecule has 0 spiro atoms. The highest BCUT2D eigenvalue weighted by atomic mass is 15.3. The van der Waals surface area contributed by atoms with Crippen LogP contribution >= 0.6 is 0 Å². The molecule has 0 unspecified atom stereocenters. The zero-order valence-electron chi connectivity index (χ0n) is 15.1. The van der Waals surface area contributed by atoms with Gasteiger partial charge in [0.2, 0.25) is 35.7 Å². The molecule has 2 aromatic heterocycles. The lowest BCUT2D eigenvalue weighted by Crippen LogP contribution is -2.28. The molecule has 0 bridgehead atoms. The number of nitrogen functional groups attached to an aromatic ring is 1. The van der Waals surface area contributed by atoms with Crippen molar-refractivity contribution >= 4 is 35.7 Å². The summed E-state index contributed by atoms with van der Waals surface area (Å²) >= 11 is 0. The van der Waals surface area contributed by atoms with Crippen molar-refractivity contribution in [2.75, 3.05) is 79.8 Å². The maximum absolute atomic E-state index is 5.69. The van der Waals surface area contributed by atoms with E-state index in [-0.39, 0.29) is 5.95 Å². The Hall–Kier alpha value is -3.18. The lowest BCUT2D eigenvalue weighted by Gasteiger charge is -2.18. The fourth-order valence-electron chi connectivity index (χ4n) is 1.85. The van der Waals surface area contributed by atoms with Crippen LogP contribution in [0.15, 0.2) is 0 Å². The van der Waals surface area contributed by atoms with E-state index in [9.17, 15) is 0 Å². The van der Waals surface area contributed by atoms with Crippen LogP contribution in [0.4, 0.5) is 35.7 Å². The molecular weight excluding hydrogens is 324 g/mol. The highest BCUT2D eigenvalue weighted by Crippen LogP contribution is 2.12. The zero-order valence-corrected chi connectivity index (χ0v) is 15.1. The fraction of sp³-hybridized carbons (Fsp3) is 0.538. The first-order valence-electron chi connectivity index (χ1n) is 7.68. The zero-order chi connectivity index (χ0) is 18.4. The van der Waals surface area contributed by atoms with Gasteiger partial charge >= 0.3 is 0 Å². The van der Waals surface area contributed by atoms with Gasteiger partial charge in [0.05, 0.1) is 0 Å². The van der Waals surface area contributed by atoms with Gasteiger partial charge in [0.1, 0.15) is 0 Å². The Labute approximate surface area is 146 Å². The topological polar surface area (TPSA) is 146 Å². The summed E-state index contributed by atoms with van der Waals surface area (Å²) in [6.07, 6.45) is 0. The van der Waals surface area contributed by atoms with Crippen LogP contribution in [0.25, 0.3) is 0 Å². The van der Waals surface area contributed by atoms with Crippen LogP contribution in [0.2, 0.25) is 0 Å². The Morgan fingerprint density at radius 1 is 0.800 bits per heavy atom. The van der Waals surface area contributed by atoms with Gasteiger partial charge < -0.3 is 31.5 Å². The van der Waals surface area contributed by atoms with E-state index in [0.717, 1.165) is 0 Å². The second-order valence-corrected chi connectivity index (χ2v) is 5.34. The second-order valence-electron chi connectivity index (χ2n) is 5.34. The molecule has 2 aromatic rings. The average molecular weight is 348 g/mol. The first kappa shape index (κ1) is 18.2. The summed E-state index contributed by atoms with van der Waals surface area (Å²) in [5, 5.41) is 8.94. The minimum atomic E-state index is 0.168. The molecule has 12 heteroatoms. The quantitative estimate of drug-likeness (QED) is 0.480. The highest BCUT2D eigenvalue weighted by Gasteiger charge is 2.10. The third-order valence-electron chi connectivity index (χ3n) is 3.18. The molecule has 0 aromatic carbocycles. The van der Waals surface area contributed by atoms with Crippen molar-refractivity contribution in [2.45, 2.75) is 0 Å². The van der Waals surface area contributed by atoms with Gasteiger partial charge in [-0.05, 0) is 0 Å². The summed E-state index contributed by atoms with van der Waals surface area (Å²) in [5.74, 6) is 2.63. The molecule has 0 aliphatic heterocycles. The van der Waals surface area contributed by atoms with E-state index in [2.05, 4.69) is 45.9 Å². The predicted octanol–water partition coefficient (Wildman–Crippen LogP) is -0.663. The van der Waals surface area contributed by atoms with E-state index in [1.807, 2.05) is 30.9 Å². The van der Waals surface area contributed by atoms with Crippen LogP contribution in [0.1, 0.15) is 0 Å². The van der Waals surface area contributed by atoms with Crippen molar-refractivity contribution in [1.82, 2.24) is 29.9 Å². The number of aromatic nitrogens is 6. The minimum Gasteiger partial charge on any atom is -0.368 e. The molecule has 0 amide bonds. The fourth-order valence-corrected chi connectivity index (χ4v) is 1.85. The number of nitrogens with one attached hydrogen (secondary N) is 3. The van der Waals surface area contributed by atoms with E-state index in [0.29, 0.717) is 42.8 Å². The van der Waals surface area contributed by atoms with Crippen molar-refractivity contribution in [3.63, 3.8) is 0 Å². The molecule has 0 saturated heterocycles. The number of nitrogens with zero attached hydrogens (tertiary/aromatic N) is 8. The van der Waals surface area contributed by atoms with Crippen LogP contribution in [-0.2, 0) is 0 Å². The van der Waals surface area contributed by atoms with Gasteiger partial charge in [0, 0.05) is 48.3 Å². The van der Waals surface area contributed by atoms with Gasteiger partial charge in [0.15, 0.2) is 0 Å². The lowest BCUT2D eigenvalue weighted by molar-refractivity contribution is 0.849. The standard InChI is InChI=1S/C13H24N12/c1-15-9-18-8(14)19-13(22-9)25(5)7-6-17-11-20-10(16-2)21-12(23-11)24(3)4/h6-7H2,1-5H3,(H3,14,15,18,19,22)(H2,16,17,20,21,23). The first-order chi connectivity index (χ1) is 11.9. The van der Waals surface area contributed by atoms with Gasteiger partial charge in [0.25, 0.3) is 0 Å². The van der Waals surface area contributed by atoms with E-state index in [1.165, 1.54) is 0 Å². The van der Waals surface area contributed by atoms with Crippen LogP contribution in [-0.4, -0.2) is 78.2 Å². The van der Waals surface area contributed by atoms with Crippen LogP contribution < -0.4 is 31.5 Å². The number of likely N-dealkylation sites (N-methyl/N-ethyl adjacent to an activating group) is 1. The third kappa shape index (κ3) is 4.89. The van der Waals surface area contributed by atoms with Gasteiger partial charge in [-0.1, -0.05) is 0 Å². The molecule has 2 rings (SSSR count). The van der Waals surface area contributed by atoms with Crippen molar-refractivity contribution in [1.29, 1.82) is 0 Å². The largest absolute Gasteiger partial charge is 0.368 e. The summed E-state index contributed by atoms with van der Waals surface area (Å²) in [4.78, 5) is 28.9. The van der Waals surface area contributed by atoms with Crippen molar-refractivity contribution in [3.05, 3.63) is 0 Å². The number of nitrogens with two attached hydrogens (primary N) is 1. The smallest absolute Gasteiger partial charge is 0.231 e. The first-order valence-corrected chi connectivity index (χ1v) is 7.68. The number of rotatable bonds is 8. The molecule has 0 saturated carbocycles. The van der Waals surface area contributed by atoms with Crippen molar-refractivity contribution in [3.8, 4) is 0 Å². The molecule has 5 N–H and O–H groups in total. The second kappa shape index (κ2) is 8.08. The summed E-state index contributed by atoms with van der Waals surface area (Å²) in [6.45, 7) is 1.20. The average Bonchev–Trinajstić information content (AvgIpc) is 2.60. The predicted molar refractivity (Wildman–Crippen MR) is 99.2 cm³/mol. The van der Waals surface area contributed by atoms with Crippen LogP contribution in [0.5, 0.6) is 0 Å².